The third-order valence-corrected chi connectivity index (χ3v) is 1.55. The van der Waals surface area contributed by atoms with Crippen molar-refractivity contribution in [1.82, 2.24) is 0 Å². The summed E-state index contributed by atoms with van der Waals surface area (Å²) in [6.45, 7) is 3.99. The smallest absolute Gasteiger partial charge is 0.237 e. The van der Waals surface area contributed by atoms with Crippen LogP contribution in [0.3, 0.4) is 0 Å². The molecule has 2 unspecified atom stereocenters. The fourth-order valence-electron chi connectivity index (χ4n) is 0.976. The molecule has 0 N–H and O–H groups in total. The highest BCUT2D eigenvalue weighted by atomic mass is 35.5. The highest BCUT2D eigenvalue weighted by Gasteiger charge is 2.22. The molecule has 2 nitrogen and oxygen atoms in total. The lowest BCUT2D eigenvalue weighted by molar-refractivity contribution is -0.191. The Morgan fingerprint density at radius 3 is 2.00 bits per heavy atom. The molecule has 1 saturated heterocycles. The maximum absolute atomic E-state index is 5.56. The molecule has 0 aromatic rings. The molecule has 0 aromatic heterocycles. The summed E-state index contributed by atoms with van der Waals surface area (Å²) in [5.74, 6) is -0.538. The zero-order valence-electron chi connectivity index (χ0n) is 5.63. The molecule has 0 amide bonds. The van der Waals surface area contributed by atoms with Crippen LogP contribution in [0.1, 0.15) is 20.3 Å². The van der Waals surface area contributed by atoms with Crippen molar-refractivity contribution < 1.29 is 9.47 Å². The van der Waals surface area contributed by atoms with E-state index in [1.807, 2.05) is 13.8 Å². The normalized spacial score (nSPS) is 45.0. The minimum Gasteiger partial charge on any atom is -0.337 e. The Morgan fingerprint density at radius 1 is 1.22 bits per heavy atom. The van der Waals surface area contributed by atoms with Gasteiger partial charge in [0.2, 0.25) is 5.75 Å². The molecule has 1 aliphatic heterocycles. The van der Waals surface area contributed by atoms with E-state index in [-0.39, 0.29) is 12.2 Å². The van der Waals surface area contributed by atoms with Crippen LogP contribution in [0.2, 0.25) is 0 Å². The van der Waals surface area contributed by atoms with Gasteiger partial charge in [0.15, 0.2) is 0 Å². The van der Waals surface area contributed by atoms with Crippen molar-refractivity contribution in [3.8, 4) is 0 Å². The van der Waals surface area contributed by atoms with Crippen LogP contribution in [-0.2, 0) is 9.47 Å². The Balaban J connectivity index is 2.34. The van der Waals surface area contributed by atoms with Gasteiger partial charge in [-0.05, 0) is 20.3 Å². The Hall–Kier alpha value is 0.210. The van der Waals surface area contributed by atoms with Gasteiger partial charge in [0.1, 0.15) is 0 Å². The summed E-state index contributed by atoms with van der Waals surface area (Å²) >= 11 is 5.56. The zero-order chi connectivity index (χ0) is 6.85. The first-order valence-electron chi connectivity index (χ1n) is 3.13. The van der Waals surface area contributed by atoms with E-state index >= 15 is 0 Å². The molecule has 9 heavy (non-hydrogen) atoms. The van der Waals surface area contributed by atoms with E-state index < -0.39 is 5.75 Å². The number of hydrogen-bond acceptors (Lipinski definition) is 2. The van der Waals surface area contributed by atoms with Gasteiger partial charge in [0.25, 0.3) is 0 Å². The summed E-state index contributed by atoms with van der Waals surface area (Å²) in [5, 5.41) is 0. The molecular formula is C6H11ClO2. The maximum Gasteiger partial charge on any atom is 0.237 e. The van der Waals surface area contributed by atoms with Crippen LogP contribution in [0, 0.1) is 0 Å². The second-order valence-electron chi connectivity index (χ2n) is 2.40. The van der Waals surface area contributed by atoms with E-state index in [0.29, 0.717) is 0 Å². The minimum absolute atomic E-state index is 0.233. The van der Waals surface area contributed by atoms with Crippen LogP contribution < -0.4 is 0 Å². The van der Waals surface area contributed by atoms with Crippen LogP contribution in [0.25, 0.3) is 0 Å². The molecule has 0 bridgehead atoms. The maximum atomic E-state index is 5.56. The van der Waals surface area contributed by atoms with Gasteiger partial charge in [-0.25, -0.2) is 0 Å². The molecule has 0 spiro atoms. The Bertz CT molecular complexity index is 72.0. The molecule has 54 valence electrons. The largest absolute Gasteiger partial charge is 0.337 e. The Labute approximate surface area is 60.1 Å². The van der Waals surface area contributed by atoms with Crippen LogP contribution in [0.4, 0.5) is 0 Å². The van der Waals surface area contributed by atoms with Gasteiger partial charge in [-0.1, -0.05) is 11.6 Å². The van der Waals surface area contributed by atoms with E-state index in [1.54, 1.807) is 0 Å². The second-order valence-corrected chi connectivity index (χ2v) is 2.76. The van der Waals surface area contributed by atoms with Crippen LogP contribution in [-0.4, -0.2) is 18.0 Å². The fourth-order valence-corrected chi connectivity index (χ4v) is 1.33. The first kappa shape index (κ1) is 7.32. The van der Waals surface area contributed by atoms with Gasteiger partial charge >= 0.3 is 0 Å². The van der Waals surface area contributed by atoms with E-state index in [4.69, 9.17) is 21.1 Å². The van der Waals surface area contributed by atoms with Crippen LogP contribution in [0.5, 0.6) is 0 Å². The van der Waals surface area contributed by atoms with E-state index in [1.165, 1.54) is 0 Å². The van der Waals surface area contributed by atoms with Gasteiger partial charge in [-0.2, -0.15) is 0 Å². The van der Waals surface area contributed by atoms with Gasteiger partial charge < -0.3 is 9.47 Å². The standard InChI is InChI=1S/C6H11ClO2/c1-4-3-5(2)9-6(7)8-4/h4-6H,3H2,1-2H3. The molecule has 1 heterocycles. The number of hydrogen-bond donors (Lipinski definition) is 0. The van der Waals surface area contributed by atoms with Crippen molar-refractivity contribution in [1.29, 1.82) is 0 Å². The predicted molar refractivity (Wildman–Crippen MR) is 35.4 cm³/mol. The van der Waals surface area contributed by atoms with Gasteiger partial charge in [-0.3, -0.25) is 0 Å². The Morgan fingerprint density at radius 2 is 1.67 bits per heavy atom. The van der Waals surface area contributed by atoms with E-state index in [9.17, 15) is 0 Å². The van der Waals surface area contributed by atoms with Gasteiger partial charge in [0, 0.05) is 0 Å². The molecule has 0 radical (unpaired) electrons. The summed E-state index contributed by atoms with van der Waals surface area (Å²) in [7, 11) is 0. The third-order valence-electron chi connectivity index (χ3n) is 1.34. The average molecular weight is 151 g/mol. The van der Waals surface area contributed by atoms with Crippen LogP contribution in [0.15, 0.2) is 0 Å². The lowest BCUT2D eigenvalue weighted by atomic mass is 10.2. The molecular weight excluding hydrogens is 140 g/mol. The van der Waals surface area contributed by atoms with Crippen molar-refractivity contribution in [3.63, 3.8) is 0 Å². The van der Waals surface area contributed by atoms with Crippen molar-refractivity contribution in [3.05, 3.63) is 0 Å². The molecule has 1 aliphatic rings. The molecule has 1 fully saturated rings. The summed E-state index contributed by atoms with van der Waals surface area (Å²) < 4.78 is 10.2. The fraction of sp³-hybridized carbons (Fsp3) is 1.00. The van der Waals surface area contributed by atoms with Crippen LogP contribution >= 0.6 is 11.6 Å². The third kappa shape index (κ3) is 2.12. The molecule has 0 aliphatic carbocycles. The Kier molecular flexibility index (Phi) is 2.33. The second kappa shape index (κ2) is 2.86. The zero-order valence-corrected chi connectivity index (χ0v) is 6.39. The van der Waals surface area contributed by atoms with Gasteiger partial charge in [-0.15, -0.1) is 0 Å². The predicted octanol–water partition coefficient (Wildman–Crippen LogP) is 1.72. The summed E-state index contributed by atoms with van der Waals surface area (Å²) in [4.78, 5) is 0. The number of rotatable bonds is 0. The minimum atomic E-state index is -0.538. The van der Waals surface area contributed by atoms with Crippen molar-refractivity contribution in [2.75, 3.05) is 0 Å². The summed E-state index contributed by atoms with van der Waals surface area (Å²) in [5.41, 5.74) is 0. The number of ether oxygens (including phenoxy) is 2. The first-order chi connectivity index (χ1) is 4.18. The highest BCUT2D eigenvalue weighted by Crippen LogP contribution is 2.19. The lowest BCUT2D eigenvalue weighted by Gasteiger charge is -2.28. The van der Waals surface area contributed by atoms with Gasteiger partial charge in [0.05, 0.1) is 12.2 Å². The van der Waals surface area contributed by atoms with E-state index in [0.717, 1.165) is 6.42 Å². The van der Waals surface area contributed by atoms with E-state index in [2.05, 4.69) is 0 Å². The lowest BCUT2D eigenvalue weighted by Crippen LogP contribution is -2.31. The molecule has 2 atom stereocenters. The summed E-state index contributed by atoms with van der Waals surface area (Å²) in [6, 6.07) is 0. The van der Waals surface area contributed by atoms with Crippen molar-refractivity contribution in [2.24, 2.45) is 0 Å². The van der Waals surface area contributed by atoms with Crippen molar-refractivity contribution >= 4 is 11.6 Å². The quantitative estimate of drug-likeness (QED) is 0.490. The van der Waals surface area contributed by atoms with Crippen molar-refractivity contribution in [2.45, 2.75) is 38.2 Å². The topological polar surface area (TPSA) is 18.5 Å². The average Bonchev–Trinajstić information content (AvgIpc) is 1.59. The number of halogens is 1. The summed E-state index contributed by atoms with van der Waals surface area (Å²) in [6.07, 6.45) is 1.40. The molecule has 1 rings (SSSR count). The SMILES string of the molecule is CC1CC(C)OC(Cl)O1. The molecule has 0 aromatic carbocycles. The molecule has 3 heteroatoms. The number of alkyl halides is 1. The first-order valence-corrected chi connectivity index (χ1v) is 3.57. The molecule has 0 saturated carbocycles. The monoisotopic (exact) mass is 150 g/mol. The highest BCUT2D eigenvalue weighted by molar-refractivity contribution is 6.18.